The highest BCUT2D eigenvalue weighted by Gasteiger charge is 2.56. The predicted molar refractivity (Wildman–Crippen MR) is 75.5 cm³/mol. The van der Waals surface area contributed by atoms with Crippen LogP contribution < -0.4 is 5.73 Å². The maximum atomic E-state index is 14.4. The number of rotatable bonds is 3. The number of alkyl halides is 1. The average molecular weight is 344 g/mol. The second-order valence-electron chi connectivity index (χ2n) is 4.87. The van der Waals surface area contributed by atoms with E-state index in [9.17, 15) is 19.0 Å². The summed E-state index contributed by atoms with van der Waals surface area (Å²) in [4.78, 5) is 9.41. The molecule has 0 bridgehead atoms. The third-order valence-corrected chi connectivity index (χ3v) is 4.58. The van der Waals surface area contributed by atoms with Crippen molar-refractivity contribution in [2.75, 3.05) is 12.3 Å². The summed E-state index contributed by atoms with van der Waals surface area (Å²) < 4.78 is 33.4. The van der Waals surface area contributed by atoms with Gasteiger partial charge in [0, 0.05) is 10.5 Å². The molecular formula is C11H10F2N6O3S. The zero-order chi connectivity index (χ0) is 16.8. The average Bonchev–Trinajstić information content (AvgIpc) is 3.03. The van der Waals surface area contributed by atoms with E-state index in [-0.39, 0.29) is 16.9 Å². The van der Waals surface area contributed by atoms with Gasteiger partial charge in [0.15, 0.2) is 11.9 Å². The second kappa shape index (κ2) is 5.51. The molecule has 0 aromatic carbocycles. The second-order valence-corrected chi connectivity index (χ2v) is 5.75. The molecule has 122 valence electrons. The Bertz CT molecular complexity index is 812. The molecule has 4 N–H and O–H groups in total. The van der Waals surface area contributed by atoms with E-state index in [2.05, 4.69) is 20.0 Å². The summed E-state index contributed by atoms with van der Waals surface area (Å²) in [6, 6.07) is 0. The molecule has 0 amide bonds. The number of hydrogen-bond acceptors (Lipinski definition) is 8. The van der Waals surface area contributed by atoms with Gasteiger partial charge in [-0.1, -0.05) is 5.11 Å². The minimum Gasteiger partial charge on any atom is -0.393 e. The van der Waals surface area contributed by atoms with Crippen molar-refractivity contribution in [3.05, 3.63) is 27.5 Å². The Hall–Kier alpha value is -2.11. The zero-order valence-electron chi connectivity index (χ0n) is 11.3. The van der Waals surface area contributed by atoms with E-state index in [1.54, 1.807) is 0 Å². The van der Waals surface area contributed by atoms with E-state index in [0.717, 1.165) is 11.3 Å². The van der Waals surface area contributed by atoms with E-state index in [1.807, 2.05) is 0 Å². The van der Waals surface area contributed by atoms with Crippen molar-refractivity contribution in [2.24, 2.45) is 5.11 Å². The Morgan fingerprint density at radius 2 is 2.30 bits per heavy atom. The van der Waals surface area contributed by atoms with Gasteiger partial charge in [0.1, 0.15) is 18.0 Å². The fourth-order valence-electron chi connectivity index (χ4n) is 2.46. The van der Waals surface area contributed by atoms with Gasteiger partial charge >= 0.3 is 6.08 Å². The summed E-state index contributed by atoms with van der Waals surface area (Å²) in [6.45, 7) is -0.928. The number of aliphatic hydroxyl groups is 2. The van der Waals surface area contributed by atoms with Crippen LogP contribution in [0.3, 0.4) is 0 Å². The van der Waals surface area contributed by atoms with Crippen LogP contribution in [0.4, 0.5) is 14.6 Å². The van der Waals surface area contributed by atoms with Crippen LogP contribution in [-0.4, -0.2) is 44.8 Å². The van der Waals surface area contributed by atoms with Crippen LogP contribution in [0.5, 0.6) is 0 Å². The number of ether oxygens (including phenoxy) is 1. The summed E-state index contributed by atoms with van der Waals surface area (Å²) in [5.41, 5.74) is 12.1. The van der Waals surface area contributed by atoms with Gasteiger partial charge in [-0.15, -0.1) is 11.3 Å². The lowest BCUT2D eigenvalue weighted by molar-refractivity contribution is -0.107. The number of azide groups is 1. The first-order chi connectivity index (χ1) is 10.9. The molecule has 1 aliphatic rings. The first-order valence-electron chi connectivity index (χ1n) is 6.30. The highest BCUT2D eigenvalue weighted by Crippen LogP contribution is 2.45. The minimum atomic E-state index is -2.16. The van der Waals surface area contributed by atoms with Gasteiger partial charge in [0.2, 0.25) is 0 Å². The van der Waals surface area contributed by atoms with Crippen molar-refractivity contribution in [3.63, 3.8) is 0 Å². The van der Waals surface area contributed by atoms with Crippen LogP contribution in [0, 0.1) is 6.08 Å². The summed E-state index contributed by atoms with van der Waals surface area (Å²) >= 11 is 1.05. The lowest BCUT2D eigenvalue weighted by Gasteiger charge is -2.23. The number of nitrogen functional groups attached to an aromatic ring is 1. The Kier molecular flexibility index (Phi) is 3.78. The highest BCUT2D eigenvalue weighted by atomic mass is 32.1. The quantitative estimate of drug-likeness (QED) is 0.329. The van der Waals surface area contributed by atoms with Gasteiger partial charge in [-0.2, -0.15) is 9.37 Å². The third-order valence-electron chi connectivity index (χ3n) is 3.57. The fourth-order valence-corrected chi connectivity index (χ4v) is 3.39. The zero-order valence-corrected chi connectivity index (χ0v) is 12.1. The van der Waals surface area contributed by atoms with Crippen molar-refractivity contribution in [3.8, 4) is 0 Å². The molecule has 1 fully saturated rings. The van der Waals surface area contributed by atoms with Crippen molar-refractivity contribution < 1.29 is 23.7 Å². The number of nitrogens with two attached hydrogens (primary N) is 1. The maximum Gasteiger partial charge on any atom is 0.311 e. The summed E-state index contributed by atoms with van der Waals surface area (Å²) in [6.07, 6.45) is -6.42. The molecule has 2 aromatic rings. The molecular weight excluding hydrogens is 334 g/mol. The van der Waals surface area contributed by atoms with E-state index in [1.165, 1.54) is 5.38 Å². The van der Waals surface area contributed by atoms with Gasteiger partial charge in [0.05, 0.1) is 16.8 Å². The lowest BCUT2D eigenvalue weighted by Crippen LogP contribution is -2.43. The van der Waals surface area contributed by atoms with Crippen molar-refractivity contribution in [1.29, 1.82) is 0 Å². The molecule has 3 heterocycles. The topological polar surface area (TPSA) is 150 Å². The van der Waals surface area contributed by atoms with Gasteiger partial charge in [0.25, 0.3) is 0 Å². The normalized spacial score (nSPS) is 30.5. The van der Waals surface area contributed by atoms with Crippen LogP contribution >= 0.6 is 11.3 Å². The summed E-state index contributed by atoms with van der Waals surface area (Å²) in [5.74, 6) is -0.110. The number of aromatic nitrogens is 2. The van der Waals surface area contributed by atoms with E-state index in [0.29, 0.717) is 4.70 Å². The Labute approximate surface area is 131 Å². The highest BCUT2D eigenvalue weighted by molar-refractivity contribution is 7.17. The molecule has 0 saturated carbocycles. The number of halogens is 2. The molecule has 1 saturated heterocycles. The number of nitrogens with zero attached hydrogens (tertiary/aromatic N) is 5. The third kappa shape index (κ3) is 2.28. The molecule has 1 aliphatic heterocycles. The largest absolute Gasteiger partial charge is 0.393 e. The molecule has 0 unspecified atom stereocenters. The van der Waals surface area contributed by atoms with E-state index >= 15 is 0 Å². The SMILES string of the molecule is [N-]=[N+]=N[C@]1(CO)O[C@@H](c2csc3c(N)nc(F)nc23)[C@H](F)[C@@H]1O. The van der Waals surface area contributed by atoms with E-state index < -0.39 is 36.8 Å². The van der Waals surface area contributed by atoms with Crippen molar-refractivity contribution >= 4 is 27.4 Å². The molecule has 0 spiro atoms. The van der Waals surface area contributed by atoms with Crippen molar-refractivity contribution in [2.45, 2.75) is 24.1 Å². The van der Waals surface area contributed by atoms with Crippen LogP contribution in [0.15, 0.2) is 10.5 Å². The number of fused-ring (bicyclic) bond motifs is 1. The first-order valence-corrected chi connectivity index (χ1v) is 7.18. The van der Waals surface area contributed by atoms with Gasteiger partial charge in [-0.05, 0) is 10.9 Å². The molecule has 23 heavy (non-hydrogen) atoms. The van der Waals surface area contributed by atoms with E-state index in [4.69, 9.17) is 16.0 Å². The molecule has 2 aromatic heterocycles. The van der Waals surface area contributed by atoms with Crippen LogP contribution in [-0.2, 0) is 4.74 Å². The van der Waals surface area contributed by atoms with Crippen LogP contribution in [0.1, 0.15) is 11.7 Å². The smallest absolute Gasteiger partial charge is 0.311 e. The van der Waals surface area contributed by atoms with Crippen LogP contribution in [0.2, 0.25) is 0 Å². The number of aliphatic hydroxyl groups excluding tert-OH is 2. The molecule has 0 radical (unpaired) electrons. The van der Waals surface area contributed by atoms with Crippen molar-refractivity contribution in [1.82, 2.24) is 9.97 Å². The standard InChI is InChI=1S/C11H10F2N6O3S/c12-4-6(22-11(2-20,8(4)21)18-19-15)3-1-23-7-5(3)16-10(13)17-9(7)14/h1,4,6,8,20-21H,2H2,(H2,14,16,17)/t4-,6-,8-,11+/m0/s1. The number of anilines is 1. The monoisotopic (exact) mass is 344 g/mol. The number of hydrogen-bond donors (Lipinski definition) is 3. The first kappa shape index (κ1) is 15.8. The molecule has 12 heteroatoms. The Morgan fingerprint density at radius 3 is 2.96 bits per heavy atom. The Balaban J connectivity index is 2.11. The molecule has 4 atom stereocenters. The molecule has 3 rings (SSSR count). The summed E-state index contributed by atoms with van der Waals surface area (Å²) in [7, 11) is 0. The lowest BCUT2D eigenvalue weighted by atomic mass is 10.0. The maximum absolute atomic E-state index is 14.4. The molecule has 9 nitrogen and oxygen atoms in total. The molecule has 0 aliphatic carbocycles. The fraction of sp³-hybridized carbons (Fsp3) is 0.455. The number of thiophene rings is 1. The van der Waals surface area contributed by atoms with Gasteiger partial charge in [-0.3, -0.25) is 0 Å². The Morgan fingerprint density at radius 1 is 1.57 bits per heavy atom. The summed E-state index contributed by atoms with van der Waals surface area (Å²) in [5, 5.41) is 23.9. The van der Waals surface area contributed by atoms with Gasteiger partial charge < -0.3 is 20.7 Å². The predicted octanol–water partition coefficient (Wildman–Crippen LogP) is 1.18. The minimum absolute atomic E-state index is 0.0366. The van der Waals surface area contributed by atoms with Crippen LogP contribution in [0.25, 0.3) is 20.7 Å². The van der Waals surface area contributed by atoms with Gasteiger partial charge in [-0.25, -0.2) is 9.37 Å².